The Morgan fingerprint density at radius 2 is 1.52 bits per heavy atom. The number of halogens is 6. The van der Waals surface area contributed by atoms with Crippen molar-refractivity contribution < 1.29 is 32.9 Å². The number of carbonyl (C=O) groups is 1. The molecule has 7 rings (SSSR count). The van der Waals surface area contributed by atoms with E-state index in [4.69, 9.17) is 60.6 Å². The summed E-state index contributed by atoms with van der Waals surface area (Å²) in [6, 6.07) is 4.45. The molecule has 3 atom stereocenters. The number of carbonyl (C=O) groups excluding carboxylic acids is 1. The molecule has 4 heterocycles. The van der Waals surface area contributed by atoms with Gasteiger partial charge in [-0.05, 0) is 81.0 Å². The molecule has 56 heavy (non-hydrogen) atoms. The van der Waals surface area contributed by atoms with Crippen molar-refractivity contribution in [3.8, 4) is 33.8 Å². The molecule has 0 spiro atoms. The second kappa shape index (κ2) is 16.7. The number of aromatic nitrogens is 4. The van der Waals surface area contributed by atoms with Crippen molar-refractivity contribution in [3.63, 3.8) is 0 Å². The molecule has 17 heteroatoms. The SMILES string of the molecule is CCO/C(=C/C(=O)OC/C=C/[C@H]1CC1CC1CCn2c(Cl)c(-c3cc(O)c(Cl)cc3F)c(=O)n2C1)COc1cc(-c2c(Cl)n3n(c2=O)CCCC3)c(F)cc1Cl. The Labute approximate surface area is 340 Å². The van der Waals surface area contributed by atoms with E-state index in [2.05, 4.69) is 0 Å². The lowest BCUT2D eigenvalue weighted by molar-refractivity contribution is -0.136. The van der Waals surface area contributed by atoms with Crippen LogP contribution in [0.1, 0.15) is 39.0 Å². The normalized spacial score (nSPS) is 19.2. The topological polar surface area (TPSA) is 119 Å². The molecule has 2 aliphatic heterocycles. The van der Waals surface area contributed by atoms with Crippen molar-refractivity contribution in [3.05, 3.63) is 101 Å². The highest BCUT2D eigenvalue weighted by molar-refractivity contribution is 6.34. The number of hydrogen-bond acceptors (Lipinski definition) is 7. The first-order valence-electron chi connectivity index (χ1n) is 18.3. The van der Waals surface area contributed by atoms with Crippen LogP contribution in [0.15, 0.2) is 57.8 Å². The number of nitrogens with zero attached hydrogens (tertiary/aromatic N) is 4. The Morgan fingerprint density at radius 3 is 2.21 bits per heavy atom. The molecule has 11 nitrogen and oxygen atoms in total. The minimum absolute atomic E-state index is 0.00329. The van der Waals surface area contributed by atoms with Gasteiger partial charge in [0, 0.05) is 37.3 Å². The van der Waals surface area contributed by atoms with Crippen LogP contribution in [0.3, 0.4) is 0 Å². The molecule has 3 aliphatic rings. The molecule has 0 bridgehead atoms. The Bertz CT molecular complexity index is 2370. The van der Waals surface area contributed by atoms with E-state index in [1.54, 1.807) is 22.4 Å². The minimum atomic E-state index is -0.746. The summed E-state index contributed by atoms with van der Waals surface area (Å²) in [6.45, 7) is 3.75. The molecule has 2 unspecified atom stereocenters. The number of fused-ring (bicyclic) bond motifs is 2. The number of rotatable bonds is 13. The van der Waals surface area contributed by atoms with E-state index in [0.717, 1.165) is 50.3 Å². The molecule has 1 fully saturated rings. The monoisotopic (exact) mass is 852 g/mol. The lowest BCUT2D eigenvalue weighted by atomic mass is 9.96. The van der Waals surface area contributed by atoms with Crippen LogP contribution in [-0.4, -0.2) is 49.6 Å². The summed E-state index contributed by atoms with van der Waals surface area (Å²) in [6.07, 6.45) is 9.29. The molecule has 0 amide bonds. The lowest BCUT2D eigenvalue weighted by Crippen LogP contribution is -2.33. The van der Waals surface area contributed by atoms with Crippen molar-refractivity contribution in [2.75, 3.05) is 19.8 Å². The second-order valence-electron chi connectivity index (χ2n) is 14.1. The van der Waals surface area contributed by atoms with Gasteiger partial charge in [0.2, 0.25) is 0 Å². The van der Waals surface area contributed by atoms with Gasteiger partial charge in [0.1, 0.15) is 52.4 Å². The van der Waals surface area contributed by atoms with Gasteiger partial charge < -0.3 is 19.3 Å². The van der Waals surface area contributed by atoms with E-state index in [1.165, 1.54) is 21.5 Å². The number of phenols is 1. The molecule has 1 N–H and O–H groups in total. The first kappa shape index (κ1) is 40.0. The van der Waals surface area contributed by atoms with Crippen LogP contribution in [-0.2, 0) is 40.4 Å². The molecule has 2 aromatic heterocycles. The molecule has 298 valence electrons. The molecular formula is C39H38Cl4F2N4O7. The Kier molecular flexibility index (Phi) is 12.0. The van der Waals surface area contributed by atoms with Crippen LogP contribution in [0.2, 0.25) is 20.4 Å². The summed E-state index contributed by atoms with van der Waals surface area (Å²) in [5, 5.41) is 10.1. The number of esters is 1. The van der Waals surface area contributed by atoms with Gasteiger partial charge in [-0.2, -0.15) is 0 Å². The Balaban J connectivity index is 0.912. The second-order valence-corrected chi connectivity index (χ2v) is 15.6. The number of allylic oxidation sites excluding steroid dienone is 1. The summed E-state index contributed by atoms with van der Waals surface area (Å²) >= 11 is 25.2. The van der Waals surface area contributed by atoms with Gasteiger partial charge in [0.15, 0.2) is 0 Å². The third-order valence-electron chi connectivity index (χ3n) is 10.4. The van der Waals surface area contributed by atoms with Gasteiger partial charge in [-0.3, -0.25) is 19.0 Å². The van der Waals surface area contributed by atoms with E-state index in [-0.39, 0.29) is 85.6 Å². The number of benzene rings is 2. The molecule has 4 aromatic rings. The van der Waals surface area contributed by atoms with Crippen molar-refractivity contribution in [1.29, 1.82) is 0 Å². The van der Waals surface area contributed by atoms with Gasteiger partial charge in [-0.15, -0.1) is 0 Å². The van der Waals surface area contributed by atoms with Crippen molar-refractivity contribution >= 4 is 52.4 Å². The van der Waals surface area contributed by atoms with Crippen molar-refractivity contribution in [2.45, 2.75) is 65.2 Å². The zero-order valence-electron chi connectivity index (χ0n) is 30.2. The molecular weight excluding hydrogens is 816 g/mol. The van der Waals surface area contributed by atoms with Crippen LogP contribution in [0, 0.1) is 29.4 Å². The minimum Gasteiger partial charge on any atom is -0.506 e. The quantitative estimate of drug-likeness (QED) is 0.0621. The van der Waals surface area contributed by atoms with E-state index >= 15 is 4.39 Å². The maximum absolute atomic E-state index is 15.1. The summed E-state index contributed by atoms with van der Waals surface area (Å²) in [5.41, 5.74) is -0.942. The fourth-order valence-electron chi connectivity index (χ4n) is 7.53. The van der Waals surface area contributed by atoms with Gasteiger partial charge in [-0.1, -0.05) is 58.6 Å². The third kappa shape index (κ3) is 8.14. The molecule has 1 saturated carbocycles. The van der Waals surface area contributed by atoms with Crippen molar-refractivity contribution in [1.82, 2.24) is 18.7 Å². The predicted octanol–water partition coefficient (Wildman–Crippen LogP) is 8.48. The molecule has 0 saturated heterocycles. The average molecular weight is 855 g/mol. The van der Waals surface area contributed by atoms with Crippen LogP contribution in [0.5, 0.6) is 11.5 Å². The third-order valence-corrected chi connectivity index (χ3v) is 11.8. The van der Waals surface area contributed by atoms with Crippen molar-refractivity contribution in [2.24, 2.45) is 17.8 Å². The van der Waals surface area contributed by atoms with E-state index < -0.39 is 28.7 Å². The number of aromatic hydroxyl groups is 1. The summed E-state index contributed by atoms with van der Waals surface area (Å²) in [4.78, 5) is 39.1. The van der Waals surface area contributed by atoms with Gasteiger partial charge in [-0.25, -0.2) is 22.9 Å². The number of phenolic OH excluding ortho intramolecular Hbond substituents is 1. The smallest absolute Gasteiger partial charge is 0.334 e. The van der Waals surface area contributed by atoms with E-state index in [0.29, 0.717) is 38.0 Å². The zero-order chi connectivity index (χ0) is 39.8. The molecule has 1 aliphatic carbocycles. The summed E-state index contributed by atoms with van der Waals surface area (Å²) in [7, 11) is 0. The average Bonchev–Trinajstić information content (AvgIpc) is 3.79. The highest BCUT2D eigenvalue weighted by atomic mass is 35.5. The van der Waals surface area contributed by atoms with E-state index in [1.807, 2.05) is 6.08 Å². The molecule has 0 radical (unpaired) electrons. The van der Waals surface area contributed by atoms with Gasteiger partial charge in [0.05, 0.1) is 33.9 Å². The first-order chi connectivity index (χ1) is 26.9. The Hall–Kier alpha value is -4.17. The Morgan fingerprint density at radius 1 is 0.875 bits per heavy atom. The zero-order valence-corrected chi connectivity index (χ0v) is 33.2. The lowest BCUT2D eigenvalue weighted by Gasteiger charge is -2.26. The van der Waals surface area contributed by atoms with Crippen LogP contribution < -0.4 is 15.9 Å². The van der Waals surface area contributed by atoms with E-state index in [9.17, 15) is 23.9 Å². The van der Waals surface area contributed by atoms with Gasteiger partial charge >= 0.3 is 5.97 Å². The summed E-state index contributed by atoms with van der Waals surface area (Å²) < 4.78 is 53.0. The number of ether oxygens (including phenoxy) is 3. The summed E-state index contributed by atoms with van der Waals surface area (Å²) in [5.74, 6) is -1.30. The maximum atomic E-state index is 15.1. The van der Waals surface area contributed by atoms with Crippen LogP contribution in [0.25, 0.3) is 22.3 Å². The number of hydrogen-bond donors (Lipinski definition) is 1. The highest BCUT2D eigenvalue weighted by Gasteiger charge is 2.38. The molecule has 2 aromatic carbocycles. The highest BCUT2D eigenvalue weighted by Crippen LogP contribution is 2.46. The fourth-order valence-corrected chi connectivity index (χ4v) is 8.61. The fraction of sp³-hybridized carbons (Fsp3) is 0.410. The predicted molar refractivity (Wildman–Crippen MR) is 209 cm³/mol. The van der Waals surface area contributed by atoms with Crippen LogP contribution >= 0.6 is 46.4 Å². The van der Waals surface area contributed by atoms with Gasteiger partial charge in [0.25, 0.3) is 11.1 Å². The maximum Gasteiger partial charge on any atom is 0.334 e. The first-order valence-corrected chi connectivity index (χ1v) is 19.8. The van der Waals surface area contributed by atoms with Crippen LogP contribution in [0.4, 0.5) is 8.78 Å². The standard InChI is InChI=1S/C39H38Cl4F2N4O7/c1-2-54-24(20-56-32-16-26(30(45)18-28(32)41)35-36(42)46-8-3-4-9-48(46)38(35)52)14-33(51)55-11-5-6-22-13-23(22)12-21-7-10-47-37(43)34(39(53)49(47)19-21)25-15-31(50)27(40)17-29(25)44/h5-6,14-18,21-23,50H,2-4,7-13,19-20H2,1H3/b6-5+,24-14+/t21?,22-,23?/m0/s1. The largest absolute Gasteiger partial charge is 0.506 e.